The average molecular weight is 529 g/mol. The van der Waals surface area contributed by atoms with Crippen LogP contribution in [-0.2, 0) is 27.0 Å². The summed E-state index contributed by atoms with van der Waals surface area (Å²) in [6.07, 6.45) is -2.13. The molecular weight excluding hydrogens is 509 g/mol. The van der Waals surface area contributed by atoms with E-state index in [4.69, 9.17) is 20.8 Å². The quantitative estimate of drug-likeness (QED) is 0.459. The zero-order valence-electron chi connectivity index (χ0n) is 18.8. The van der Waals surface area contributed by atoms with E-state index in [2.05, 4.69) is 0 Å². The summed E-state index contributed by atoms with van der Waals surface area (Å²) >= 11 is 6.61. The Kier molecular flexibility index (Phi) is 7.91. The van der Waals surface area contributed by atoms with Crippen molar-refractivity contribution in [3.05, 3.63) is 66.2 Å². The van der Waals surface area contributed by atoms with Crippen molar-refractivity contribution in [1.82, 2.24) is 9.47 Å². The van der Waals surface area contributed by atoms with Crippen molar-refractivity contribution < 1.29 is 31.9 Å². The molecule has 0 bridgehead atoms. The zero-order valence-corrected chi connectivity index (χ0v) is 20.4. The first-order chi connectivity index (χ1) is 16.4. The van der Waals surface area contributed by atoms with Gasteiger partial charge in [-0.3, -0.25) is 14.2 Å². The number of nitrogens with zero attached hydrogens (tertiary/aromatic N) is 2. The summed E-state index contributed by atoms with van der Waals surface area (Å²) in [5.74, 6) is -0.708. The number of rotatable bonds is 6. The van der Waals surface area contributed by atoms with Gasteiger partial charge in [0, 0.05) is 25.7 Å². The first kappa shape index (κ1) is 26.3. The Hall–Kier alpha value is -3.31. The number of carbonyl (C=O) groups is 2. The lowest BCUT2D eigenvalue weighted by Crippen LogP contribution is -2.38. The maximum Gasteiger partial charge on any atom is 0.417 e. The highest BCUT2D eigenvalue weighted by Crippen LogP contribution is 2.37. The van der Waals surface area contributed by atoms with Crippen LogP contribution in [0.4, 0.5) is 13.2 Å². The van der Waals surface area contributed by atoms with Gasteiger partial charge >= 0.3 is 12.1 Å². The summed E-state index contributed by atoms with van der Waals surface area (Å²) in [7, 11) is 3.07. The highest BCUT2D eigenvalue weighted by atomic mass is 35.5. The van der Waals surface area contributed by atoms with Crippen LogP contribution in [0.2, 0.25) is 5.02 Å². The molecule has 186 valence electrons. The smallest absolute Gasteiger partial charge is 0.417 e. The molecule has 1 aromatic carbocycles. The van der Waals surface area contributed by atoms with Crippen LogP contribution in [0.1, 0.15) is 18.2 Å². The number of amides is 1. The predicted octanol–water partition coefficient (Wildman–Crippen LogP) is 3.10. The van der Waals surface area contributed by atoms with E-state index in [-0.39, 0.29) is 45.3 Å². The predicted molar refractivity (Wildman–Crippen MR) is 125 cm³/mol. The first-order valence-corrected chi connectivity index (χ1v) is 11.4. The Labute approximate surface area is 206 Å². The Balaban J connectivity index is 2.06. The van der Waals surface area contributed by atoms with Crippen molar-refractivity contribution in [2.45, 2.75) is 19.6 Å². The number of furan rings is 1. The van der Waals surface area contributed by atoms with Gasteiger partial charge in [0.1, 0.15) is 22.7 Å². The van der Waals surface area contributed by atoms with Crippen molar-refractivity contribution in [3.8, 4) is 11.3 Å². The summed E-state index contributed by atoms with van der Waals surface area (Å²) in [5.41, 5.74) is -1.38. The Morgan fingerprint density at radius 3 is 2.57 bits per heavy atom. The second-order valence-corrected chi connectivity index (χ2v) is 8.89. The molecule has 7 nitrogen and oxygen atoms in total. The molecule has 0 aliphatic carbocycles. The molecule has 2 heterocycles. The van der Waals surface area contributed by atoms with Crippen LogP contribution in [0.15, 0.2) is 39.5 Å². The number of aromatic nitrogens is 1. The van der Waals surface area contributed by atoms with E-state index < -0.39 is 28.3 Å². The van der Waals surface area contributed by atoms with Gasteiger partial charge in [-0.1, -0.05) is 11.6 Å². The topological polar surface area (TPSA) is 81.7 Å². The summed E-state index contributed by atoms with van der Waals surface area (Å²) < 4.78 is 51.6. The number of ether oxygens (including phenoxy) is 1. The molecule has 0 aliphatic heterocycles. The van der Waals surface area contributed by atoms with Crippen molar-refractivity contribution in [1.29, 1.82) is 0 Å². The molecule has 0 aliphatic rings. The number of esters is 1. The molecule has 2 aromatic heterocycles. The molecule has 35 heavy (non-hydrogen) atoms. The summed E-state index contributed by atoms with van der Waals surface area (Å²) in [4.78, 5) is 38.4. The highest BCUT2D eigenvalue weighted by molar-refractivity contribution is 7.07. The van der Waals surface area contributed by atoms with Gasteiger partial charge in [-0.25, -0.2) is 4.79 Å². The third kappa shape index (κ3) is 6.23. The Bertz CT molecular complexity index is 1440. The van der Waals surface area contributed by atoms with E-state index >= 15 is 0 Å². The molecule has 0 radical (unpaired) electrons. The minimum Gasteiger partial charge on any atom is -0.463 e. The van der Waals surface area contributed by atoms with E-state index in [1.165, 1.54) is 43.3 Å². The first-order valence-electron chi connectivity index (χ1n) is 10.2. The minimum atomic E-state index is -4.63. The van der Waals surface area contributed by atoms with Gasteiger partial charge in [-0.05, 0) is 37.3 Å². The standard InChI is InChI=1S/C23H20ClF3N2O5S/c1-4-33-21(31)11-20-29(12-19(30)28(2)3)22(32)18(35-20)10-14-6-8-17(34-14)13-5-7-16(24)15(9-13)23(25,26)27/h5-11H,4,12H2,1-3H3/b18-10-,20-11-. The van der Waals surface area contributed by atoms with Gasteiger partial charge in [0.15, 0.2) is 0 Å². The number of hydrogen-bond acceptors (Lipinski definition) is 6. The molecule has 3 aromatic rings. The van der Waals surface area contributed by atoms with Crippen LogP contribution in [-0.4, -0.2) is 42.0 Å². The van der Waals surface area contributed by atoms with Crippen LogP contribution >= 0.6 is 22.9 Å². The SMILES string of the molecule is CCOC(=O)/C=c1\s/c(=C\c2ccc(-c3ccc(Cl)c(C(F)(F)F)c3)o2)c(=O)n1CC(=O)N(C)C. The molecule has 1 amide bonds. The van der Waals surface area contributed by atoms with Gasteiger partial charge in [-0.15, -0.1) is 11.3 Å². The van der Waals surface area contributed by atoms with E-state index in [1.54, 1.807) is 6.92 Å². The number of carbonyl (C=O) groups excluding carboxylic acids is 2. The van der Waals surface area contributed by atoms with Crippen molar-refractivity contribution >= 4 is 47.0 Å². The number of alkyl halides is 3. The molecule has 0 saturated heterocycles. The number of thiazole rings is 1. The summed E-state index contributed by atoms with van der Waals surface area (Å²) in [5, 5.41) is -0.434. The Morgan fingerprint density at radius 2 is 1.94 bits per heavy atom. The summed E-state index contributed by atoms with van der Waals surface area (Å²) in [6.45, 7) is 1.47. The van der Waals surface area contributed by atoms with E-state index in [1.807, 2.05) is 0 Å². The number of halogens is 4. The van der Waals surface area contributed by atoms with Crippen LogP contribution in [0.5, 0.6) is 0 Å². The fourth-order valence-electron chi connectivity index (χ4n) is 2.96. The molecular formula is C23H20ClF3N2O5S. The highest BCUT2D eigenvalue weighted by Gasteiger charge is 2.33. The Morgan fingerprint density at radius 1 is 1.23 bits per heavy atom. The van der Waals surface area contributed by atoms with Gasteiger partial charge in [0.2, 0.25) is 5.91 Å². The van der Waals surface area contributed by atoms with E-state index in [0.29, 0.717) is 0 Å². The zero-order chi connectivity index (χ0) is 25.9. The summed E-state index contributed by atoms with van der Waals surface area (Å²) in [6, 6.07) is 6.34. The molecule has 0 saturated carbocycles. The lowest BCUT2D eigenvalue weighted by atomic mass is 10.1. The van der Waals surface area contributed by atoms with Crippen molar-refractivity contribution in [3.63, 3.8) is 0 Å². The van der Waals surface area contributed by atoms with E-state index in [9.17, 15) is 27.6 Å². The van der Waals surface area contributed by atoms with Crippen LogP contribution < -0.4 is 14.8 Å². The molecule has 3 rings (SSSR count). The maximum atomic E-state index is 13.2. The normalized spacial score (nSPS) is 12.8. The van der Waals surface area contributed by atoms with Crippen LogP contribution in [0.3, 0.4) is 0 Å². The molecule has 0 unspecified atom stereocenters. The second kappa shape index (κ2) is 10.5. The largest absolute Gasteiger partial charge is 0.463 e. The van der Waals surface area contributed by atoms with Crippen molar-refractivity contribution in [2.75, 3.05) is 20.7 Å². The molecule has 0 spiro atoms. The molecule has 0 fully saturated rings. The van der Waals surface area contributed by atoms with Gasteiger partial charge < -0.3 is 14.1 Å². The van der Waals surface area contributed by atoms with Gasteiger partial charge in [0.25, 0.3) is 5.56 Å². The third-order valence-corrected chi connectivity index (χ3v) is 6.10. The van der Waals surface area contributed by atoms with Gasteiger partial charge in [0.05, 0.1) is 27.8 Å². The number of hydrogen-bond donors (Lipinski definition) is 0. The van der Waals surface area contributed by atoms with Crippen LogP contribution in [0.25, 0.3) is 23.5 Å². The fourth-order valence-corrected chi connectivity index (χ4v) is 4.20. The minimum absolute atomic E-state index is 0.135. The number of likely N-dealkylation sites (N-methyl/N-ethyl adjacent to an activating group) is 1. The number of benzene rings is 1. The third-order valence-electron chi connectivity index (χ3n) is 4.71. The maximum absolute atomic E-state index is 13.2. The van der Waals surface area contributed by atoms with Crippen LogP contribution in [0, 0.1) is 0 Å². The molecule has 12 heteroatoms. The fraction of sp³-hybridized carbons (Fsp3) is 0.261. The monoisotopic (exact) mass is 528 g/mol. The lowest BCUT2D eigenvalue weighted by molar-refractivity contribution is -0.137. The van der Waals surface area contributed by atoms with Gasteiger partial charge in [-0.2, -0.15) is 13.2 Å². The molecule has 0 N–H and O–H groups in total. The molecule has 0 atom stereocenters. The van der Waals surface area contributed by atoms with Crippen molar-refractivity contribution in [2.24, 2.45) is 0 Å². The lowest BCUT2D eigenvalue weighted by Gasteiger charge is -2.10. The second-order valence-electron chi connectivity index (χ2n) is 7.42. The van der Waals surface area contributed by atoms with E-state index in [0.717, 1.165) is 34.1 Å². The average Bonchev–Trinajstić information content (AvgIpc) is 3.34.